The third kappa shape index (κ3) is 1.83. The molecule has 1 aromatic heterocycles. The van der Waals surface area contributed by atoms with Crippen LogP contribution in [0, 0.1) is 10.1 Å². The first-order valence-corrected chi connectivity index (χ1v) is 6.87. The van der Waals surface area contributed by atoms with Gasteiger partial charge in [-0.3, -0.25) is 14.9 Å². The van der Waals surface area contributed by atoms with Crippen LogP contribution in [0.4, 0.5) is 11.4 Å². The number of fused-ring (bicyclic) bond motifs is 3. The van der Waals surface area contributed by atoms with Gasteiger partial charge in [-0.1, -0.05) is 0 Å². The summed E-state index contributed by atoms with van der Waals surface area (Å²) in [6.07, 6.45) is 0. The Morgan fingerprint density at radius 3 is 2.75 bits per heavy atom. The summed E-state index contributed by atoms with van der Waals surface area (Å²) in [5.41, 5.74) is 2.93. The first-order chi connectivity index (χ1) is 9.52. The van der Waals surface area contributed by atoms with Crippen LogP contribution in [0.15, 0.2) is 22.0 Å². The van der Waals surface area contributed by atoms with Crippen LogP contribution in [-0.4, -0.2) is 16.0 Å². The predicted octanol–water partition coefficient (Wildman–Crippen LogP) is 3.45. The molecule has 9 heteroatoms. The molecule has 2 N–H and O–H groups in total. The monoisotopic (exact) mass is 356 g/mol. The average Bonchev–Trinajstić information content (AvgIpc) is 2.88. The Kier molecular flexibility index (Phi) is 3.05. The zero-order chi connectivity index (χ0) is 14.4. The van der Waals surface area contributed by atoms with Gasteiger partial charge in [0.15, 0.2) is 5.78 Å². The lowest BCUT2D eigenvalue weighted by Gasteiger charge is -2.05. The maximum atomic E-state index is 12.3. The highest BCUT2D eigenvalue weighted by Crippen LogP contribution is 2.49. The number of thiophene rings is 1. The minimum Gasteiger partial charge on any atom is -0.289 e. The number of halogens is 1. The van der Waals surface area contributed by atoms with E-state index in [0.717, 1.165) is 3.79 Å². The van der Waals surface area contributed by atoms with Crippen molar-refractivity contribution in [2.75, 3.05) is 5.48 Å². The lowest BCUT2D eigenvalue weighted by molar-refractivity contribution is -0.384. The normalized spacial score (nSPS) is 12.2. The van der Waals surface area contributed by atoms with E-state index in [1.54, 1.807) is 6.07 Å². The van der Waals surface area contributed by atoms with E-state index >= 15 is 0 Å². The number of rotatable bonds is 3. The first-order valence-electron chi connectivity index (χ1n) is 5.26. The number of ketones is 1. The summed E-state index contributed by atoms with van der Waals surface area (Å²) < 4.78 is 0.733. The Balaban J connectivity index is 2.30. The van der Waals surface area contributed by atoms with Crippen molar-refractivity contribution in [1.82, 2.24) is 0 Å². The van der Waals surface area contributed by atoms with Crippen LogP contribution in [-0.2, 0) is 4.99 Å². The highest BCUT2D eigenvalue weighted by molar-refractivity contribution is 9.11. The lowest BCUT2D eigenvalue weighted by Crippen LogP contribution is -2.02. The van der Waals surface area contributed by atoms with Crippen molar-refractivity contribution in [2.24, 2.45) is 0 Å². The molecule has 1 heterocycles. The SMILES string of the molecule is O=C1c2cc(Br)sc2-c2c1cc(NOO)cc2[N+](=O)[O-]. The van der Waals surface area contributed by atoms with Gasteiger partial charge in [0.05, 0.1) is 24.8 Å². The van der Waals surface area contributed by atoms with Gasteiger partial charge in [-0.25, -0.2) is 10.7 Å². The molecule has 0 radical (unpaired) electrons. The molecule has 0 saturated heterocycles. The molecule has 2 aromatic rings. The average molecular weight is 357 g/mol. The van der Waals surface area contributed by atoms with Gasteiger partial charge in [-0.15, -0.1) is 16.3 Å². The van der Waals surface area contributed by atoms with Crippen molar-refractivity contribution in [3.05, 3.63) is 43.2 Å². The molecule has 0 bridgehead atoms. The number of nitrogens with zero attached hydrogens (tertiary/aromatic N) is 1. The van der Waals surface area contributed by atoms with Crippen molar-refractivity contribution >= 4 is 44.4 Å². The second-order valence-electron chi connectivity index (χ2n) is 3.99. The van der Waals surface area contributed by atoms with Crippen LogP contribution in [0.2, 0.25) is 0 Å². The zero-order valence-electron chi connectivity index (χ0n) is 9.55. The van der Waals surface area contributed by atoms with Crippen molar-refractivity contribution in [2.45, 2.75) is 0 Å². The molecule has 0 amide bonds. The van der Waals surface area contributed by atoms with Gasteiger partial charge >= 0.3 is 0 Å². The Morgan fingerprint density at radius 2 is 2.10 bits per heavy atom. The lowest BCUT2D eigenvalue weighted by atomic mass is 10.1. The second-order valence-corrected chi connectivity index (χ2v) is 6.42. The maximum Gasteiger partial charge on any atom is 0.280 e. The number of nitro benzene ring substituents is 1. The molecular weight excluding hydrogens is 352 g/mol. The summed E-state index contributed by atoms with van der Waals surface area (Å²) in [6, 6.07) is 4.24. The topological polar surface area (TPSA) is 102 Å². The molecule has 1 aliphatic rings. The van der Waals surface area contributed by atoms with E-state index in [1.165, 1.54) is 23.5 Å². The number of hydrogen-bond donors (Lipinski definition) is 2. The van der Waals surface area contributed by atoms with Crippen LogP contribution < -0.4 is 5.48 Å². The smallest absolute Gasteiger partial charge is 0.280 e. The van der Waals surface area contributed by atoms with Crippen molar-refractivity contribution in [3.8, 4) is 10.4 Å². The molecule has 20 heavy (non-hydrogen) atoms. The molecule has 1 aromatic carbocycles. The number of carbonyl (C=O) groups is 1. The van der Waals surface area contributed by atoms with Gasteiger partial charge in [0.2, 0.25) is 0 Å². The standard InChI is InChI=1S/C11H5BrN2O5S/c12-8-3-6-10(15)5-1-4(13-19-18)2-7(14(16)17)9(5)11(6)20-8/h1-3,13,18H. The third-order valence-electron chi connectivity index (χ3n) is 2.90. The third-order valence-corrected chi connectivity index (χ3v) is 4.55. The van der Waals surface area contributed by atoms with E-state index in [4.69, 9.17) is 5.26 Å². The van der Waals surface area contributed by atoms with E-state index in [-0.39, 0.29) is 22.7 Å². The highest BCUT2D eigenvalue weighted by Gasteiger charge is 2.36. The van der Waals surface area contributed by atoms with Crippen LogP contribution in [0.5, 0.6) is 0 Å². The van der Waals surface area contributed by atoms with Crippen molar-refractivity contribution < 1.29 is 20.0 Å². The van der Waals surface area contributed by atoms with E-state index < -0.39 is 4.92 Å². The number of nitrogens with one attached hydrogen (secondary N) is 1. The summed E-state index contributed by atoms with van der Waals surface area (Å²) >= 11 is 4.53. The van der Waals surface area contributed by atoms with Crippen LogP contribution in [0.1, 0.15) is 15.9 Å². The summed E-state index contributed by atoms with van der Waals surface area (Å²) in [5, 5.41) is 19.6. The molecule has 1 aliphatic carbocycles. The minimum absolute atomic E-state index is 0.125. The fraction of sp³-hybridized carbons (Fsp3) is 0. The Morgan fingerprint density at radius 1 is 1.35 bits per heavy atom. The van der Waals surface area contributed by atoms with E-state index in [1.807, 2.05) is 0 Å². The number of anilines is 1. The van der Waals surface area contributed by atoms with E-state index in [2.05, 4.69) is 26.4 Å². The molecule has 0 atom stereocenters. The van der Waals surface area contributed by atoms with Gasteiger partial charge in [0.1, 0.15) is 0 Å². The fourth-order valence-corrected chi connectivity index (χ4v) is 3.83. The Labute approximate surface area is 124 Å². The summed E-state index contributed by atoms with van der Waals surface area (Å²) in [6.45, 7) is 0. The molecule has 3 rings (SSSR count). The number of benzene rings is 1. The van der Waals surface area contributed by atoms with Gasteiger partial charge in [0, 0.05) is 17.2 Å². The van der Waals surface area contributed by atoms with E-state index in [9.17, 15) is 14.9 Å². The number of nitro groups is 1. The summed E-state index contributed by atoms with van der Waals surface area (Å²) in [7, 11) is 0. The molecule has 102 valence electrons. The minimum atomic E-state index is -0.572. The fourth-order valence-electron chi connectivity index (χ4n) is 2.16. The van der Waals surface area contributed by atoms with Gasteiger partial charge in [0.25, 0.3) is 5.69 Å². The van der Waals surface area contributed by atoms with E-state index in [0.29, 0.717) is 16.0 Å². The van der Waals surface area contributed by atoms with Crippen LogP contribution in [0.25, 0.3) is 10.4 Å². The predicted molar refractivity (Wildman–Crippen MR) is 74.9 cm³/mol. The van der Waals surface area contributed by atoms with Gasteiger partial charge in [-0.2, -0.15) is 0 Å². The number of hydrogen-bond acceptors (Lipinski definition) is 7. The second kappa shape index (κ2) is 4.63. The summed E-state index contributed by atoms with van der Waals surface area (Å²) in [4.78, 5) is 27.2. The van der Waals surface area contributed by atoms with Gasteiger partial charge < -0.3 is 0 Å². The summed E-state index contributed by atoms with van der Waals surface area (Å²) in [5.74, 6) is -0.290. The molecule has 0 spiro atoms. The molecule has 7 nitrogen and oxygen atoms in total. The quantitative estimate of drug-likeness (QED) is 0.423. The largest absolute Gasteiger partial charge is 0.289 e. The molecule has 0 aliphatic heterocycles. The first kappa shape index (κ1) is 13.2. The number of carbonyl (C=O) groups excluding carboxylic acids is 1. The van der Waals surface area contributed by atoms with Crippen molar-refractivity contribution in [1.29, 1.82) is 0 Å². The zero-order valence-corrected chi connectivity index (χ0v) is 11.9. The Hall–Kier alpha value is -1.81. The molecular formula is C11H5BrN2O5S. The Bertz CT molecular complexity index is 758. The van der Waals surface area contributed by atoms with Gasteiger partial charge in [-0.05, 0) is 28.1 Å². The molecule has 0 saturated carbocycles. The van der Waals surface area contributed by atoms with Crippen LogP contribution >= 0.6 is 27.3 Å². The maximum absolute atomic E-state index is 12.3. The molecule has 0 fully saturated rings. The van der Waals surface area contributed by atoms with Crippen molar-refractivity contribution in [3.63, 3.8) is 0 Å². The highest BCUT2D eigenvalue weighted by atomic mass is 79.9. The van der Waals surface area contributed by atoms with Crippen LogP contribution in [0.3, 0.4) is 0 Å². The molecule has 0 unspecified atom stereocenters.